The zero-order valence-electron chi connectivity index (χ0n) is 15.8. The van der Waals surface area contributed by atoms with Crippen LogP contribution in [0.2, 0.25) is 0 Å². The first kappa shape index (κ1) is 17.4. The fourth-order valence-corrected chi connectivity index (χ4v) is 5.02. The van der Waals surface area contributed by atoms with Crippen molar-refractivity contribution in [2.24, 2.45) is 0 Å². The Hall–Kier alpha value is -2.67. The van der Waals surface area contributed by atoms with Gasteiger partial charge in [-0.25, -0.2) is 0 Å². The summed E-state index contributed by atoms with van der Waals surface area (Å²) in [4.78, 5) is 1.08. The topological polar surface area (TPSA) is 55.4 Å². The quantitative estimate of drug-likeness (QED) is 0.769. The van der Waals surface area contributed by atoms with Gasteiger partial charge in [0.15, 0.2) is 11.5 Å². The van der Waals surface area contributed by atoms with Crippen LogP contribution in [0.5, 0.6) is 34.5 Å². The van der Waals surface area contributed by atoms with Gasteiger partial charge in [-0.1, -0.05) is 6.08 Å². The van der Waals surface area contributed by atoms with E-state index in [2.05, 4.69) is 0 Å². The van der Waals surface area contributed by atoms with Gasteiger partial charge in [-0.2, -0.15) is 0 Å². The zero-order valence-corrected chi connectivity index (χ0v) is 16.6. The summed E-state index contributed by atoms with van der Waals surface area (Å²) in [6.45, 7) is 0.993. The Kier molecular flexibility index (Phi) is 4.19. The van der Waals surface area contributed by atoms with Crippen LogP contribution in [0.25, 0.3) is 6.08 Å². The second-order valence-corrected chi connectivity index (χ2v) is 7.86. The standard InChI is InChI=1S/C21H20O6S/c1-22-11-6-7-14-13(9-11)27-18-15(28-14)10-26-19-16(18)12-5-4-8-25-17(12)20(23-2)21(19)24-3/h4-7,9,15,18H,8,10H2,1-3H3/t15-,18-/m1/s1. The fraction of sp³-hybridized carbons (Fsp3) is 0.333. The van der Waals surface area contributed by atoms with E-state index in [0.29, 0.717) is 36.2 Å². The number of thioether (sulfide) groups is 1. The summed E-state index contributed by atoms with van der Waals surface area (Å²) < 4.78 is 35.2. The first-order valence-electron chi connectivity index (χ1n) is 9.00. The third kappa shape index (κ3) is 2.49. The largest absolute Gasteiger partial charge is 0.497 e. The molecule has 0 N–H and O–H groups in total. The highest BCUT2D eigenvalue weighted by atomic mass is 32.2. The average molecular weight is 400 g/mol. The van der Waals surface area contributed by atoms with Crippen molar-refractivity contribution in [1.29, 1.82) is 0 Å². The van der Waals surface area contributed by atoms with Crippen LogP contribution in [0, 0.1) is 0 Å². The van der Waals surface area contributed by atoms with Crippen molar-refractivity contribution in [2.75, 3.05) is 34.5 Å². The molecule has 0 radical (unpaired) electrons. The van der Waals surface area contributed by atoms with Crippen molar-refractivity contribution in [3.05, 3.63) is 35.4 Å². The smallest absolute Gasteiger partial charge is 0.207 e. The Labute approximate surface area is 167 Å². The minimum Gasteiger partial charge on any atom is -0.497 e. The van der Waals surface area contributed by atoms with Crippen LogP contribution in [-0.2, 0) is 0 Å². The van der Waals surface area contributed by atoms with Crippen LogP contribution < -0.4 is 28.4 Å². The number of ether oxygens (including phenoxy) is 6. The van der Waals surface area contributed by atoms with Gasteiger partial charge in [0.25, 0.3) is 0 Å². The molecule has 3 aliphatic heterocycles. The molecule has 3 aliphatic rings. The molecule has 0 aromatic heterocycles. The minimum atomic E-state index is -0.201. The maximum absolute atomic E-state index is 6.48. The van der Waals surface area contributed by atoms with Gasteiger partial charge in [0.2, 0.25) is 11.5 Å². The second kappa shape index (κ2) is 6.74. The highest BCUT2D eigenvalue weighted by molar-refractivity contribution is 8.00. The highest BCUT2D eigenvalue weighted by Gasteiger charge is 2.43. The molecular weight excluding hydrogens is 380 g/mol. The van der Waals surface area contributed by atoms with E-state index >= 15 is 0 Å². The van der Waals surface area contributed by atoms with E-state index < -0.39 is 0 Å². The minimum absolute atomic E-state index is 0.117. The van der Waals surface area contributed by atoms with Crippen LogP contribution >= 0.6 is 11.8 Å². The predicted octanol–water partition coefficient (Wildman–Crippen LogP) is 4.10. The molecule has 0 amide bonds. The summed E-state index contributed by atoms with van der Waals surface area (Å²) in [7, 11) is 4.86. The van der Waals surface area contributed by atoms with E-state index in [0.717, 1.165) is 27.5 Å². The van der Waals surface area contributed by atoms with Gasteiger partial charge in [0.05, 0.1) is 37.0 Å². The monoisotopic (exact) mass is 400 g/mol. The van der Waals surface area contributed by atoms with Crippen molar-refractivity contribution >= 4 is 17.8 Å². The van der Waals surface area contributed by atoms with Gasteiger partial charge in [0.1, 0.15) is 30.8 Å². The van der Waals surface area contributed by atoms with E-state index in [4.69, 9.17) is 28.4 Å². The summed E-state index contributed by atoms with van der Waals surface area (Å²) in [5.41, 5.74) is 1.85. The molecule has 0 saturated carbocycles. The Balaban J connectivity index is 1.69. The maximum atomic E-state index is 6.48. The lowest BCUT2D eigenvalue weighted by atomic mass is 9.93. The SMILES string of the molecule is COc1ccc2c(c1)O[C@H]1c3c4c(c(OC)c(OC)c3OC[C@H]1S2)OCC=C4. The number of hydrogen-bond donors (Lipinski definition) is 0. The molecular formula is C21H20O6S. The van der Waals surface area contributed by atoms with E-state index in [9.17, 15) is 0 Å². The van der Waals surface area contributed by atoms with Crippen LogP contribution in [-0.4, -0.2) is 39.8 Å². The number of benzene rings is 2. The normalized spacial score (nSPS) is 21.0. The highest BCUT2D eigenvalue weighted by Crippen LogP contribution is 2.58. The molecule has 0 aliphatic carbocycles. The number of methoxy groups -OCH3 is 3. The van der Waals surface area contributed by atoms with Crippen molar-refractivity contribution < 1.29 is 28.4 Å². The maximum Gasteiger partial charge on any atom is 0.207 e. The first-order valence-corrected chi connectivity index (χ1v) is 9.88. The van der Waals surface area contributed by atoms with Gasteiger partial charge in [-0.15, -0.1) is 11.8 Å². The average Bonchev–Trinajstić information content (AvgIpc) is 2.75. The molecule has 2 atom stereocenters. The number of fused-ring (bicyclic) bond motifs is 6. The molecule has 6 nitrogen and oxygen atoms in total. The molecule has 0 fully saturated rings. The first-order chi connectivity index (χ1) is 13.7. The fourth-order valence-electron chi connectivity index (χ4n) is 3.87. The van der Waals surface area contributed by atoms with Crippen LogP contribution in [0.1, 0.15) is 17.2 Å². The molecule has 0 unspecified atom stereocenters. The molecule has 2 aromatic rings. The summed E-state index contributed by atoms with van der Waals surface area (Å²) in [5, 5.41) is 0.117. The summed E-state index contributed by atoms with van der Waals surface area (Å²) >= 11 is 1.76. The number of rotatable bonds is 3. The second-order valence-electron chi connectivity index (χ2n) is 6.58. The molecule has 0 spiro atoms. The Morgan fingerprint density at radius 3 is 2.61 bits per heavy atom. The Morgan fingerprint density at radius 2 is 1.82 bits per heavy atom. The summed E-state index contributed by atoms with van der Waals surface area (Å²) in [6.07, 6.45) is 3.82. The van der Waals surface area contributed by atoms with Crippen molar-refractivity contribution in [3.8, 4) is 34.5 Å². The summed E-state index contributed by atoms with van der Waals surface area (Å²) in [5.74, 6) is 3.97. The van der Waals surface area contributed by atoms with Crippen molar-refractivity contribution in [2.45, 2.75) is 16.2 Å². The van der Waals surface area contributed by atoms with E-state index in [1.54, 1.807) is 33.1 Å². The van der Waals surface area contributed by atoms with Crippen LogP contribution in [0.15, 0.2) is 29.2 Å². The molecule has 146 valence electrons. The lowest BCUT2D eigenvalue weighted by Crippen LogP contribution is -2.35. The van der Waals surface area contributed by atoms with Gasteiger partial charge in [-0.3, -0.25) is 0 Å². The van der Waals surface area contributed by atoms with Crippen molar-refractivity contribution in [1.82, 2.24) is 0 Å². The van der Waals surface area contributed by atoms with Gasteiger partial charge < -0.3 is 28.4 Å². The van der Waals surface area contributed by atoms with Gasteiger partial charge in [-0.05, 0) is 18.2 Å². The summed E-state index contributed by atoms with van der Waals surface area (Å²) in [6, 6.07) is 5.89. The lowest BCUT2D eigenvalue weighted by Gasteiger charge is -2.39. The third-order valence-corrected chi connectivity index (χ3v) is 6.39. The van der Waals surface area contributed by atoms with Gasteiger partial charge >= 0.3 is 0 Å². The van der Waals surface area contributed by atoms with Crippen LogP contribution in [0.3, 0.4) is 0 Å². The predicted molar refractivity (Wildman–Crippen MR) is 106 cm³/mol. The molecule has 28 heavy (non-hydrogen) atoms. The van der Waals surface area contributed by atoms with E-state index in [1.807, 2.05) is 30.4 Å². The molecule has 3 heterocycles. The molecule has 0 saturated heterocycles. The molecule has 7 heteroatoms. The number of hydrogen-bond acceptors (Lipinski definition) is 7. The Morgan fingerprint density at radius 1 is 1.00 bits per heavy atom. The third-order valence-electron chi connectivity index (χ3n) is 5.11. The lowest BCUT2D eigenvalue weighted by molar-refractivity contribution is 0.129. The van der Waals surface area contributed by atoms with Crippen molar-refractivity contribution in [3.63, 3.8) is 0 Å². The molecule has 5 rings (SSSR count). The van der Waals surface area contributed by atoms with Gasteiger partial charge in [0, 0.05) is 11.6 Å². The van der Waals surface area contributed by atoms with E-state index in [1.165, 1.54) is 0 Å². The molecule has 0 bridgehead atoms. The molecule has 2 aromatic carbocycles. The Bertz CT molecular complexity index is 970. The zero-order chi connectivity index (χ0) is 19.3. The van der Waals surface area contributed by atoms with E-state index in [-0.39, 0.29) is 11.4 Å². The van der Waals surface area contributed by atoms with Crippen LogP contribution in [0.4, 0.5) is 0 Å².